The van der Waals surface area contributed by atoms with E-state index in [2.05, 4.69) is 51.2 Å². The van der Waals surface area contributed by atoms with Crippen molar-refractivity contribution in [1.82, 2.24) is 29.9 Å². The molecule has 0 radical (unpaired) electrons. The van der Waals surface area contributed by atoms with E-state index in [9.17, 15) is 0 Å². The minimum atomic E-state index is -0.332. The van der Waals surface area contributed by atoms with Gasteiger partial charge in [0.05, 0.1) is 0 Å². The lowest BCUT2D eigenvalue weighted by molar-refractivity contribution is 0.322. The molecule has 30 heavy (non-hydrogen) atoms. The highest BCUT2D eigenvalue weighted by molar-refractivity contribution is 5.36. The van der Waals surface area contributed by atoms with Crippen LogP contribution in [0.2, 0.25) is 0 Å². The Morgan fingerprint density at radius 1 is 0.567 bits per heavy atom. The molecule has 0 aliphatic heterocycles. The lowest BCUT2D eigenvalue weighted by Gasteiger charge is -2.27. The first kappa shape index (κ1) is 21.8. The first-order valence-electron chi connectivity index (χ1n) is 9.57. The molecule has 2 aromatic heterocycles. The molecule has 2 aromatic rings. The number of nitrogens with zero attached hydrogens (tertiary/aromatic N) is 6. The van der Waals surface area contributed by atoms with E-state index in [-0.39, 0.29) is 62.6 Å². The molecule has 2 atom stereocenters. The summed E-state index contributed by atoms with van der Waals surface area (Å²) in [5.74, 6) is 1.91. The maximum absolute atomic E-state index is 9.12. The Morgan fingerprint density at radius 3 is 1.20 bits per heavy atom. The van der Waals surface area contributed by atoms with Gasteiger partial charge < -0.3 is 41.7 Å². The van der Waals surface area contributed by atoms with Crippen LogP contribution < -0.4 is 21.3 Å². The van der Waals surface area contributed by atoms with Gasteiger partial charge in [-0.3, -0.25) is 0 Å². The Kier molecular flexibility index (Phi) is 7.78. The fourth-order valence-electron chi connectivity index (χ4n) is 3.41. The number of anilines is 4. The minimum absolute atomic E-state index is 0.00879. The number of aliphatic hydroxyl groups is 4. The number of hydrogen-bond acceptors (Lipinski definition) is 14. The molecule has 1 saturated carbocycles. The number of aromatic nitrogens is 6. The summed E-state index contributed by atoms with van der Waals surface area (Å²) in [5, 5.41) is 47.1. The number of hydrogen-bond donors (Lipinski definition) is 8. The quantitative estimate of drug-likeness (QED) is 0.215. The molecule has 164 valence electrons. The van der Waals surface area contributed by atoms with Gasteiger partial charge in [-0.15, -0.1) is 0 Å². The van der Waals surface area contributed by atoms with E-state index in [1.54, 1.807) is 0 Å². The third kappa shape index (κ3) is 5.56. The molecule has 0 amide bonds. The van der Waals surface area contributed by atoms with Crippen molar-refractivity contribution < 1.29 is 20.4 Å². The fourth-order valence-corrected chi connectivity index (χ4v) is 3.41. The lowest BCUT2D eigenvalue weighted by Crippen LogP contribution is -2.21. The highest BCUT2D eigenvalue weighted by Crippen LogP contribution is 2.39. The van der Waals surface area contributed by atoms with Gasteiger partial charge in [0.2, 0.25) is 23.8 Å². The molecular weight excluding hydrogens is 396 g/mol. The first-order chi connectivity index (χ1) is 14.7. The van der Waals surface area contributed by atoms with Gasteiger partial charge in [0.1, 0.15) is 38.6 Å². The third-order valence-corrected chi connectivity index (χ3v) is 4.66. The van der Waals surface area contributed by atoms with Crippen molar-refractivity contribution in [3.8, 4) is 0 Å². The van der Waals surface area contributed by atoms with Crippen molar-refractivity contribution in [1.29, 1.82) is 0 Å². The second kappa shape index (κ2) is 10.7. The minimum Gasteiger partial charge on any atom is -0.376 e. The second-order valence-electron chi connectivity index (χ2n) is 6.58. The van der Waals surface area contributed by atoms with E-state index in [1.807, 2.05) is 0 Å². The fraction of sp³-hybridized carbons (Fsp3) is 0.625. The van der Waals surface area contributed by atoms with Crippen LogP contribution in [0.15, 0.2) is 0 Å². The molecule has 0 saturated heterocycles. The molecule has 1 fully saturated rings. The Hall–Kier alpha value is -2.94. The molecule has 0 bridgehead atoms. The van der Waals surface area contributed by atoms with Gasteiger partial charge in [0.25, 0.3) is 0 Å². The maximum atomic E-state index is 9.12. The number of rotatable bonds is 10. The van der Waals surface area contributed by atoms with Crippen LogP contribution in [-0.4, -0.2) is 77.3 Å². The topological polar surface area (TPSA) is 206 Å². The molecule has 0 spiro atoms. The van der Waals surface area contributed by atoms with Crippen LogP contribution >= 0.6 is 0 Å². The molecule has 1 aliphatic carbocycles. The molecule has 0 aromatic carbocycles. The summed E-state index contributed by atoms with van der Waals surface area (Å²) in [7, 11) is 0. The SMILES string of the molecule is OCNc1nc(NCO)nc(C2CCCC(c3nc(NCO)nc(NCO)n3)C2)n1. The predicted molar refractivity (Wildman–Crippen MR) is 106 cm³/mol. The normalized spacial score (nSPS) is 18.7. The zero-order valence-corrected chi connectivity index (χ0v) is 16.3. The van der Waals surface area contributed by atoms with Crippen molar-refractivity contribution in [2.45, 2.75) is 37.5 Å². The van der Waals surface area contributed by atoms with Gasteiger partial charge in [-0.05, 0) is 19.3 Å². The number of nitrogens with one attached hydrogen (secondary N) is 4. The van der Waals surface area contributed by atoms with Gasteiger partial charge in [-0.25, -0.2) is 0 Å². The molecule has 3 rings (SSSR count). The summed E-state index contributed by atoms with van der Waals surface area (Å²) in [6.07, 6.45) is 3.27. The Morgan fingerprint density at radius 2 is 0.900 bits per heavy atom. The van der Waals surface area contributed by atoms with E-state index in [0.717, 1.165) is 19.3 Å². The monoisotopic (exact) mass is 422 g/mol. The van der Waals surface area contributed by atoms with E-state index in [0.29, 0.717) is 18.1 Å². The summed E-state index contributed by atoms with van der Waals surface area (Å²) in [4.78, 5) is 25.7. The van der Waals surface area contributed by atoms with Crippen LogP contribution in [-0.2, 0) is 0 Å². The smallest absolute Gasteiger partial charge is 0.229 e. The van der Waals surface area contributed by atoms with Gasteiger partial charge in [-0.2, -0.15) is 29.9 Å². The molecule has 1 aliphatic rings. The molecule has 2 heterocycles. The average molecular weight is 422 g/mol. The van der Waals surface area contributed by atoms with Crippen LogP contribution in [0.5, 0.6) is 0 Å². The molecule has 2 unspecified atom stereocenters. The van der Waals surface area contributed by atoms with Crippen molar-refractivity contribution >= 4 is 23.8 Å². The Bertz CT molecular complexity index is 713. The third-order valence-electron chi connectivity index (χ3n) is 4.66. The van der Waals surface area contributed by atoms with Gasteiger partial charge in [-0.1, -0.05) is 6.42 Å². The maximum Gasteiger partial charge on any atom is 0.229 e. The summed E-state index contributed by atoms with van der Waals surface area (Å²) >= 11 is 0. The largest absolute Gasteiger partial charge is 0.376 e. The summed E-state index contributed by atoms with van der Waals surface area (Å²) < 4.78 is 0. The number of aliphatic hydroxyl groups excluding tert-OH is 4. The summed E-state index contributed by atoms with van der Waals surface area (Å²) in [5.41, 5.74) is 0. The van der Waals surface area contributed by atoms with E-state index in [1.165, 1.54) is 0 Å². The van der Waals surface area contributed by atoms with Gasteiger partial charge in [0, 0.05) is 11.8 Å². The Labute approximate surface area is 172 Å². The lowest BCUT2D eigenvalue weighted by atomic mass is 9.80. The molecule has 14 nitrogen and oxygen atoms in total. The van der Waals surface area contributed by atoms with Crippen LogP contribution in [0.1, 0.15) is 49.2 Å². The highest BCUT2D eigenvalue weighted by atomic mass is 16.3. The van der Waals surface area contributed by atoms with Crippen LogP contribution in [0, 0.1) is 0 Å². The molecular formula is C16H26N10O4. The van der Waals surface area contributed by atoms with E-state index in [4.69, 9.17) is 20.4 Å². The zero-order chi connectivity index (χ0) is 21.3. The summed E-state index contributed by atoms with van der Waals surface area (Å²) in [6, 6.07) is 0. The summed E-state index contributed by atoms with van der Waals surface area (Å²) in [6.45, 7) is -1.33. The van der Waals surface area contributed by atoms with Crippen molar-refractivity contribution in [2.75, 3.05) is 48.2 Å². The van der Waals surface area contributed by atoms with E-state index < -0.39 is 0 Å². The molecule has 14 heteroatoms. The Balaban J connectivity index is 1.85. The van der Waals surface area contributed by atoms with Crippen molar-refractivity contribution in [2.24, 2.45) is 0 Å². The van der Waals surface area contributed by atoms with Crippen molar-refractivity contribution in [3.63, 3.8) is 0 Å². The van der Waals surface area contributed by atoms with Gasteiger partial charge in [0.15, 0.2) is 0 Å². The van der Waals surface area contributed by atoms with Crippen molar-refractivity contribution in [3.05, 3.63) is 11.6 Å². The molecule has 8 N–H and O–H groups in total. The van der Waals surface area contributed by atoms with Crippen LogP contribution in [0.4, 0.5) is 23.8 Å². The van der Waals surface area contributed by atoms with Gasteiger partial charge >= 0.3 is 0 Å². The van der Waals surface area contributed by atoms with E-state index >= 15 is 0 Å². The average Bonchev–Trinajstić information content (AvgIpc) is 2.74. The van der Waals surface area contributed by atoms with Crippen LogP contribution in [0.3, 0.4) is 0 Å². The second-order valence-corrected chi connectivity index (χ2v) is 6.58. The highest BCUT2D eigenvalue weighted by Gasteiger charge is 2.29. The standard InChI is InChI=1S/C16H26N10O4/c27-5-17-13-21-11(22-14(25-13)18-6-28)9-2-1-3-10(4-9)12-23-15(19-7-29)26-16(24-12)20-8-30/h9-10,27-30H,1-8H2,(H2,17,18,21,22,25)(H2,19,20,23,24,26). The van der Waals surface area contributed by atoms with Crippen LogP contribution in [0.25, 0.3) is 0 Å². The predicted octanol–water partition coefficient (Wildman–Crippen LogP) is -1.06. The first-order valence-corrected chi connectivity index (χ1v) is 9.57. The zero-order valence-electron chi connectivity index (χ0n) is 16.3.